The normalized spacial score (nSPS) is 16.2. The summed E-state index contributed by atoms with van der Waals surface area (Å²) in [6.45, 7) is 6.03. The number of aliphatic carboxylic acids is 1. The van der Waals surface area contributed by atoms with Gasteiger partial charge in [0.05, 0.1) is 23.3 Å². The first-order valence-electron chi connectivity index (χ1n) is 13.4. The van der Waals surface area contributed by atoms with Gasteiger partial charge in [-0.3, -0.25) is 23.7 Å². The minimum absolute atomic E-state index is 0.229. The second kappa shape index (κ2) is 13.0. The predicted molar refractivity (Wildman–Crippen MR) is 173 cm³/mol. The summed E-state index contributed by atoms with van der Waals surface area (Å²) in [6.07, 6.45) is 4.91. The van der Waals surface area contributed by atoms with Crippen LogP contribution in [-0.2, 0) is 16.1 Å². The molecule has 1 amide bonds. The van der Waals surface area contributed by atoms with Gasteiger partial charge in [-0.2, -0.15) is 0 Å². The number of carbonyl (C=O) groups is 2. The van der Waals surface area contributed by atoms with Gasteiger partial charge in [0, 0.05) is 50.0 Å². The molecule has 2 aliphatic heterocycles. The molecule has 6 rings (SSSR count). The number of piperazine rings is 1. The van der Waals surface area contributed by atoms with E-state index in [2.05, 4.69) is 9.80 Å². The molecule has 10 nitrogen and oxygen atoms in total. The van der Waals surface area contributed by atoms with Gasteiger partial charge in [0.15, 0.2) is 0 Å². The van der Waals surface area contributed by atoms with Crippen molar-refractivity contribution in [1.82, 2.24) is 14.3 Å². The van der Waals surface area contributed by atoms with E-state index in [0.717, 1.165) is 31.3 Å². The lowest BCUT2D eigenvalue weighted by atomic mass is 10.2. The van der Waals surface area contributed by atoms with Crippen molar-refractivity contribution in [3.8, 4) is 0 Å². The average molecular weight is 638 g/mol. The molecule has 2 aliphatic rings. The van der Waals surface area contributed by atoms with Crippen LogP contribution in [0.15, 0.2) is 75.1 Å². The number of fused-ring (bicyclic) bond motifs is 1. The molecule has 2 fully saturated rings. The Morgan fingerprint density at radius 2 is 1.84 bits per heavy atom. The Bertz CT molecular complexity index is 1780. The number of benzene rings is 1. The molecule has 222 valence electrons. The Hall–Kier alpha value is -4.13. The fourth-order valence-corrected chi connectivity index (χ4v) is 6.26. The molecule has 2 saturated heterocycles. The van der Waals surface area contributed by atoms with Gasteiger partial charge in [-0.05, 0) is 55.0 Å². The van der Waals surface area contributed by atoms with Crippen LogP contribution in [0.25, 0.3) is 11.7 Å². The number of aromatic nitrogens is 2. The third-order valence-corrected chi connectivity index (χ3v) is 8.47. The van der Waals surface area contributed by atoms with Crippen molar-refractivity contribution in [3.05, 3.63) is 98.2 Å². The first-order valence-corrected chi connectivity index (χ1v) is 15.0. The lowest BCUT2D eigenvalue weighted by molar-refractivity contribution is -0.134. The monoisotopic (exact) mass is 637 g/mol. The molecule has 13 heteroatoms. The Balaban J connectivity index is 0.000000868. The van der Waals surface area contributed by atoms with Crippen molar-refractivity contribution in [2.45, 2.75) is 20.4 Å². The van der Waals surface area contributed by atoms with Crippen molar-refractivity contribution in [3.63, 3.8) is 0 Å². The molecule has 0 spiro atoms. The topological polar surface area (TPSA) is 112 Å². The highest BCUT2D eigenvalue weighted by molar-refractivity contribution is 8.26. The maximum absolute atomic E-state index is 13.8. The number of nitrogens with zero attached hydrogens (tertiary/aromatic N) is 5. The molecule has 4 aromatic rings. The highest BCUT2D eigenvalue weighted by Gasteiger charge is 2.34. The van der Waals surface area contributed by atoms with E-state index in [1.807, 2.05) is 43.3 Å². The molecule has 3 aromatic heterocycles. The number of halogens is 1. The molecule has 0 aliphatic carbocycles. The van der Waals surface area contributed by atoms with Crippen molar-refractivity contribution in [1.29, 1.82) is 0 Å². The number of carboxylic acids is 1. The van der Waals surface area contributed by atoms with Gasteiger partial charge in [-0.1, -0.05) is 47.7 Å². The molecule has 0 atom stereocenters. The zero-order chi connectivity index (χ0) is 30.7. The second-order valence-corrected chi connectivity index (χ2v) is 12.0. The van der Waals surface area contributed by atoms with Gasteiger partial charge in [0.1, 0.15) is 21.5 Å². The van der Waals surface area contributed by atoms with Crippen LogP contribution in [0.5, 0.6) is 0 Å². The van der Waals surface area contributed by atoms with E-state index in [0.29, 0.717) is 50.1 Å². The van der Waals surface area contributed by atoms with Crippen LogP contribution in [0.2, 0.25) is 5.02 Å². The maximum atomic E-state index is 13.8. The van der Waals surface area contributed by atoms with Crippen LogP contribution in [0.3, 0.4) is 0 Å². The minimum atomic E-state index is -0.833. The van der Waals surface area contributed by atoms with Gasteiger partial charge in [-0.15, -0.1) is 0 Å². The number of anilines is 2. The van der Waals surface area contributed by atoms with E-state index in [1.165, 1.54) is 21.1 Å². The molecule has 5 heterocycles. The minimum Gasteiger partial charge on any atom is -0.481 e. The van der Waals surface area contributed by atoms with Gasteiger partial charge in [-0.25, -0.2) is 4.98 Å². The molecular formula is C30H28ClN5O5S2. The number of thiocarbonyl (C=S) groups is 1. The van der Waals surface area contributed by atoms with Crippen LogP contribution in [0.4, 0.5) is 11.5 Å². The number of carbonyl (C=O) groups excluding carboxylic acids is 1. The van der Waals surface area contributed by atoms with Crippen LogP contribution < -0.4 is 15.4 Å². The summed E-state index contributed by atoms with van der Waals surface area (Å²) in [6, 6.07) is 15.1. The van der Waals surface area contributed by atoms with E-state index < -0.39 is 5.97 Å². The Morgan fingerprint density at radius 3 is 2.51 bits per heavy atom. The van der Waals surface area contributed by atoms with Crippen molar-refractivity contribution in [2.75, 3.05) is 36.0 Å². The lowest BCUT2D eigenvalue weighted by Gasteiger charge is -2.37. The highest BCUT2D eigenvalue weighted by Crippen LogP contribution is 2.35. The standard InChI is InChI=1S/C28H24ClN5O3S2.C2H4O2/c1-18-5-3-9-33-24(18)30-25(32-12-10-31(11-13-32)20-7-2-6-19(29)15-20)22(26(33)35)16-23-27(36)34(28(38)39-23)17-21-8-4-14-37-21;1-2(3)4/h2-9,14-16H,10-13,17H2,1H3;1H3,(H,3,4). The third-order valence-electron chi connectivity index (χ3n) is 6.86. The summed E-state index contributed by atoms with van der Waals surface area (Å²) in [5.74, 6) is 0.108. The number of amides is 1. The van der Waals surface area contributed by atoms with Crippen LogP contribution in [0, 0.1) is 6.92 Å². The zero-order valence-electron chi connectivity index (χ0n) is 23.4. The Labute approximate surface area is 262 Å². The van der Waals surface area contributed by atoms with Crippen molar-refractivity contribution >= 4 is 75.0 Å². The van der Waals surface area contributed by atoms with E-state index in [9.17, 15) is 9.59 Å². The number of pyridine rings is 1. The third kappa shape index (κ3) is 6.76. The number of hydrogen-bond acceptors (Lipinski definition) is 9. The number of hydrogen-bond donors (Lipinski definition) is 1. The summed E-state index contributed by atoms with van der Waals surface area (Å²) in [4.78, 5) is 47.4. The van der Waals surface area contributed by atoms with Gasteiger partial charge in [0.2, 0.25) is 0 Å². The van der Waals surface area contributed by atoms with Gasteiger partial charge < -0.3 is 19.3 Å². The first-order chi connectivity index (χ1) is 20.6. The van der Waals surface area contributed by atoms with E-state index in [-0.39, 0.29) is 18.0 Å². The molecular weight excluding hydrogens is 610 g/mol. The molecule has 0 bridgehead atoms. The fourth-order valence-electron chi connectivity index (χ4n) is 4.84. The van der Waals surface area contributed by atoms with Crippen LogP contribution >= 0.6 is 35.6 Å². The van der Waals surface area contributed by atoms with Crippen molar-refractivity contribution in [2.24, 2.45) is 0 Å². The summed E-state index contributed by atoms with van der Waals surface area (Å²) < 4.78 is 7.36. The van der Waals surface area contributed by atoms with Crippen molar-refractivity contribution < 1.29 is 19.1 Å². The number of rotatable bonds is 5. The summed E-state index contributed by atoms with van der Waals surface area (Å²) in [5, 5.41) is 8.11. The highest BCUT2D eigenvalue weighted by atomic mass is 35.5. The quantitative estimate of drug-likeness (QED) is 0.235. The number of aryl methyl sites for hydroxylation is 1. The molecule has 0 unspecified atom stereocenters. The Kier molecular flexibility index (Phi) is 9.19. The smallest absolute Gasteiger partial charge is 0.300 e. The molecule has 1 aromatic carbocycles. The number of furan rings is 1. The van der Waals surface area contributed by atoms with E-state index >= 15 is 0 Å². The lowest BCUT2D eigenvalue weighted by Crippen LogP contribution is -2.47. The average Bonchev–Trinajstić information content (AvgIpc) is 3.58. The van der Waals surface area contributed by atoms with E-state index in [4.69, 9.17) is 43.1 Å². The van der Waals surface area contributed by atoms with Gasteiger partial charge in [0.25, 0.3) is 17.4 Å². The molecule has 0 saturated carbocycles. The molecule has 0 radical (unpaired) electrons. The Morgan fingerprint density at radius 1 is 1.12 bits per heavy atom. The summed E-state index contributed by atoms with van der Waals surface area (Å²) in [7, 11) is 0. The molecule has 43 heavy (non-hydrogen) atoms. The SMILES string of the molecule is CC(=O)O.Cc1cccn2c(=O)c(C=C3SC(=S)N(Cc4ccco4)C3=O)c(N3CCN(c4cccc(Cl)c4)CC3)nc12. The van der Waals surface area contributed by atoms with Crippen LogP contribution in [-0.4, -0.2) is 61.8 Å². The summed E-state index contributed by atoms with van der Waals surface area (Å²) >= 11 is 12.9. The second-order valence-electron chi connectivity index (χ2n) is 9.86. The maximum Gasteiger partial charge on any atom is 0.300 e. The fraction of sp³-hybridized carbons (Fsp3) is 0.233. The predicted octanol–water partition coefficient (Wildman–Crippen LogP) is 5.07. The zero-order valence-corrected chi connectivity index (χ0v) is 25.8. The molecule has 1 N–H and O–H groups in total. The summed E-state index contributed by atoms with van der Waals surface area (Å²) in [5.41, 5.74) is 2.69. The number of thioether (sulfide) groups is 1. The van der Waals surface area contributed by atoms with Crippen LogP contribution in [0.1, 0.15) is 23.8 Å². The largest absolute Gasteiger partial charge is 0.481 e. The first kappa shape index (κ1) is 30.3. The van der Waals surface area contributed by atoms with E-state index in [1.54, 1.807) is 30.7 Å². The number of carboxylic acid groups (broad SMARTS) is 1. The van der Waals surface area contributed by atoms with Gasteiger partial charge >= 0.3 is 0 Å².